The Kier molecular flexibility index (Phi) is 4.15. The second kappa shape index (κ2) is 6.47. The lowest BCUT2D eigenvalue weighted by Crippen LogP contribution is -2.37. The molecule has 25 heavy (non-hydrogen) atoms. The molecule has 1 saturated carbocycles. The van der Waals surface area contributed by atoms with E-state index < -0.39 is 0 Å². The number of nitrogens with zero attached hydrogens (tertiary/aromatic N) is 3. The Morgan fingerprint density at radius 1 is 1.20 bits per heavy atom. The SMILES string of the molecule is CCCn1nc(C(=O)N(C2CC2)[C@H]2CCc3ccccc32)ccc1=O. The molecule has 1 amide bonds. The van der Waals surface area contributed by atoms with Crippen molar-refractivity contribution in [3.05, 3.63) is 63.6 Å². The van der Waals surface area contributed by atoms with Crippen LogP contribution in [-0.2, 0) is 13.0 Å². The van der Waals surface area contributed by atoms with Gasteiger partial charge in [0.25, 0.3) is 11.5 Å². The minimum atomic E-state index is -0.150. The first kappa shape index (κ1) is 16.1. The van der Waals surface area contributed by atoms with Crippen LogP contribution in [0.5, 0.6) is 0 Å². The largest absolute Gasteiger partial charge is 0.327 e. The van der Waals surface area contributed by atoms with Gasteiger partial charge in [-0.25, -0.2) is 4.68 Å². The van der Waals surface area contributed by atoms with Crippen LogP contribution in [0, 0.1) is 0 Å². The molecule has 0 bridgehead atoms. The monoisotopic (exact) mass is 337 g/mol. The molecule has 0 spiro atoms. The van der Waals surface area contributed by atoms with E-state index in [2.05, 4.69) is 23.3 Å². The Morgan fingerprint density at radius 2 is 2.00 bits per heavy atom. The number of aryl methyl sites for hydroxylation is 2. The number of aromatic nitrogens is 2. The second-order valence-corrected chi connectivity index (χ2v) is 6.98. The van der Waals surface area contributed by atoms with Crippen molar-refractivity contribution < 1.29 is 4.79 Å². The maximum absolute atomic E-state index is 13.2. The predicted molar refractivity (Wildman–Crippen MR) is 95.5 cm³/mol. The number of hydrogen-bond donors (Lipinski definition) is 0. The van der Waals surface area contributed by atoms with Crippen molar-refractivity contribution in [3.8, 4) is 0 Å². The number of hydrogen-bond acceptors (Lipinski definition) is 3. The number of amides is 1. The van der Waals surface area contributed by atoms with Crippen molar-refractivity contribution in [2.45, 2.75) is 57.7 Å². The third-order valence-electron chi connectivity index (χ3n) is 5.13. The maximum atomic E-state index is 13.2. The fraction of sp³-hybridized carbons (Fsp3) is 0.450. The van der Waals surface area contributed by atoms with E-state index in [9.17, 15) is 9.59 Å². The Morgan fingerprint density at radius 3 is 2.76 bits per heavy atom. The van der Waals surface area contributed by atoms with E-state index in [-0.39, 0.29) is 17.5 Å². The van der Waals surface area contributed by atoms with E-state index in [1.807, 2.05) is 17.9 Å². The fourth-order valence-corrected chi connectivity index (χ4v) is 3.81. The summed E-state index contributed by atoms with van der Waals surface area (Å²) in [5, 5.41) is 4.33. The molecule has 4 rings (SSSR count). The molecule has 0 N–H and O–H groups in total. The third-order valence-corrected chi connectivity index (χ3v) is 5.13. The zero-order valence-corrected chi connectivity index (χ0v) is 14.5. The molecule has 130 valence electrons. The molecule has 0 aliphatic heterocycles. The summed E-state index contributed by atoms with van der Waals surface area (Å²) in [5.41, 5.74) is 2.84. The van der Waals surface area contributed by atoms with Crippen LogP contribution >= 0.6 is 0 Å². The standard InChI is InChI=1S/C20H23N3O2/c1-2-13-22-19(24)12-10-17(21-22)20(25)23(15-8-9-15)18-11-7-14-5-3-4-6-16(14)18/h3-6,10,12,15,18H,2,7-9,11,13H2,1H3/t18-/m0/s1. The van der Waals surface area contributed by atoms with Crippen molar-refractivity contribution in [3.63, 3.8) is 0 Å². The number of benzene rings is 1. The van der Waals surface area contributed by atoms with Gasteiger partial charge in [-0.3, -0.25) is 9.59 Å². The van der Waals surface area contributed by atoms with Gasteiger partial charge in [-0.15, -0.1) is 0 Å². The molecule has 2 aliphatic carbocycles. The summed E-state index contributed by atoms with van der Waals surface area (Å²) in [6.07, 6.45) is 4.90. The van der Waals surface area contributed by atoms with E-state index in [1.165, 1.54) is 21.9 Å². The molecular weight excluding hydrogens is 314 g/mol. The smallest absolute Gasteiger partial charge is 0.275 e. The van der Waals surface area contributed by atoms with Crippen molar-refractivity contribution in [2.24, 2.45) is 0 Å². The number of carbonyl (C=O) groups is 1. The molecule has 0 radical (unpaired) electrons. The third kappa shape index (κ3) is 2.99. The van der Waals surface area contributed by atoms with Crippen LogP contribution in [0.3, 0.4) is 0 Å². The molecule has 0 saturated heterocycles. The highest BCUT2D eigenvalue weighted by Crippen LogP contribution is 2.42. The lowest BCUT2D eigenvalue weighted by Gasteiger charge is -2.29. The highest BCUT2D eigenvalue weighted by Gasteiger charge is 2.41. The van der Waals surface area contributed by atoms with Gasteiger partial charge in [0.2, 0.25) is 0 Å². The van der Waals surface area contributed by atoms with Crippen LogP contribution < -0.4 is 5.56 Å². The minimum Gasteiger partial charge on any atom is -0.327 e. The van der Waals surface area contributed by atoms with Gasteiger partial charge in [0, 0.05) is 18.7 Å². The molecule has 1 fully saturated rings. The van der Waals surface area contributed by atoms with E-state index in [4.69, 9.17) is 0 Å². The summed E-state index contributed by atoms with van der Waals surface area (Å²) >= 11 is 0. The van der Waals surface area contributed by atoms with E-state index in [0.29, 0.717) is 18.3 Å². The summed E-state index contributed by atoms with van der Waals surface area (Å²) in [6, 6.07) is 11.9. The lowest BCUT2D eigenvalue weighted by atomic mass is 10.1. The molecule has 1 atom stereocenters. The topological polar surface area (TPSA) is 55.2 Å². The van der Waals surface area contributed by atoms with Gasteiger partial charge in [0.1, 0.15) is 5.69 Å². The Bertz CT molecular complexity index is 854. The van der Waals surface area contributed by atoms with Gasteiger partial charge >= 0.3 is 0 Å². The highest BCUT2D eigenvalue weighted by molar-refractivity contribution is 5.93. The van der Waals surface area contributed by atoms with Gasteiger partial charge in [0.15, 0.2) is 0 Å². The molecule has 5 heteroatoms. The minimum absolute atomic E-state index is 0.0472. The molecule has 0 unspecified atom stereocenters. The Labute approximate surface area is 147 Å². The number of rotatable bonds is 5. The summed E-state index contributed by atoms with van der Waals surface area (Å²) in [7, 11) is 0. The van der Waals surface area contributed by atoms with Crippen LogP contribution in [0.25, 0.3) is 0 Å². The fourth-order valence-electron chi connectivity index (χ4n) is 3.81. The van der Waals surface area contributed by atoms with E-state index >= 15 is 0 Å². The van der Waals surface area contributed by atoms with Crippen molar-refractivity contribution in [2.75, 3.05) is 0 Å². The molecule has 1 aromatic carbocycles. The van der Waals surface area contributed by atoms with Crippen LogP contribution in [-0.4, -0.2) is 26.6 Å². The first-order valence-corrected chi connectivity index (χ1v) is 9.17. The lowest BCUT2D eigenvalue weighted by molar-refractivity contribution is 0.0649. The Hall–Kier alpha value is -2.43. The molecule has 5 nitrogen and oxygen atoms in total. The Balaban J connectivity index is 1.67. The van der Waals surface area contributed by atoms with Gasteiger partial charge in [-0.05, 0) is 49.3 Å². The van der Waals surface area contributed by atoms with Crippen LogP contribution in [0.2, 0.25) is 0 Å². The van der Waals surface area contributed by atoms with Gasteiger partial charge in [-0.2, -0.15) is 5.10 Å². The average Bonchev–Trinajstić information content (AvgIpc) is 3.37. The highest BCUT2D eigenvalue weighted by atomic mass is 16.2. The van der Waals surface area contributed by atoms with Crippen molar-refractivity contribution >= 4 is 5.91 Å². The first-order chi connectivity index (χ1) is 12.2. The zero-order chi connectivity index (χ0) is 17.4. The van der Waals surface area contributed by atoms with E-state index in [1.54, 1.807) is 6.07 Å². The van der Waals surface area contributed by atoms with E-state index in [0.717, 1.165) is 32.1 Å². The number of carbonyl (C=O) groups excluding carboxylic acids is 1. The summed E-state index contributed by atoms with van der Waals surface area (Å²) in [6.45, 7) is 2.53. The maximum Gasteiger partial charge on any atom is 0.275 e. The van der Waals surface area contributed by atoms with Crippen LogP contribution in [0.4, 0.5) is 0 Å². The quantitative estimate of drug-likeness (QED) is 0.843. The normalized spacial score (nSPS) is 18.8. The molecule has 1 aromatic heterocycles. The summed E-state index contributed by atoms with van der Waals surface area (Å²) in [5.74, 6) is -0.0472. The predicted octanol–water partition coefficient (Wildman–Crippen LogP) is 2.95. The van der Waals surface area contributed by atoms with Gasteiger partial charge in [-0.1, -0.05) is 31.2 Å². The molecular formula is C20H23N3O2. The molecule has 2 aromatic rings. The van der Waals surface area contributed by atoms with Crippen LogP contribution in [0.15, 0.2) is 41.2 Å². The second-order valence-electron chi connectivity index (χ2n) is 6.98. The average molecular weight is 337 g/mol. The van der Waals surface area contributed by atoms with Crippen molar-refractivity contribution in [1.82, 2.24) is 14.7 Å². The van der Waals surface area contributed by atoms with Gasteiger partial charge < -0.3 is 4.90 Å². The molecule has 1 heterocycles. The van der Waals surface area contributed by atoms with Gasteiger partial charge in [0.05, 0.1) is 6.04 Å². The molecule has 2 aliphatic rings. The first-order valence-electron chi connectivity index (χ1n) is 9.17. The van der Waals surface area contributed by atoms with Crippen LogP contribution in [0.1, 0.15) is 60.3 Å². The number of fused-ring (bicyclic) bond motifs is 1. The summed E-state index contributed by atoms with van der Waals surface area (Å²) < 4.78 is 1.40. The van der Waals surface area contributed by atoms with Crippen molar-refractivity contribution in [1.29, 1.82) is 0 Å². The summed E-state index contributed by atoms with van der Waals surface area (Å²) in [4.78, 5) is 27.2. The zero-order valence-electron chi connectivity index (χ0n) is 14.5.